The first-order valence-electron chi connectivity index (χ1n) is 8.16. The van der Waals surface area contributed by atoms with E-state index < -0.39 is 0 Å². The predicted molar refractivity (Wildman–Crippen MR) is 105 cm³/mol. The van der Waals surface area contributed by atoms with Crippen molar-refractivity contribution < 1.29 is 4.74 Å². The molecule has 0 radical (unpaired) electrons. The molecule has 132 valence electrons. The largest absolute Gasteiger partial charge is 0.483 e. The molecule has 7 heteroatoms. The van der Waals surface area contributed by atoms with Crippen LogP contribution in [-0.2, 0) is 0 Å². The molecule has 1 unspecified atom stereocenters. The molecule has 0 aliphatic heterocycles. The van der Waals surface area contributed by atoms with Gasteiger partial charge in [0.1, 0.15) is 11.9 Å². The monoisotopic (exact) mass is 385 g/mol. The van der Waals surface area contributed by atoms with Gasteiger partial charge in [-0.2, -0.15) is 9.61 Å². The van der Waals surface area contributed by atoms with Crippen molar-refractivity contribution in [3.63, 3.8) is 0 Å². The normalized spacial score (nSPS) is 12.6. The van der Waals surface area contributed by atoms with Crippen LogP contribution in [0.15, 0.2) is 41.2 Å². The van der Waals surface area contributed by atoms with Gasteiger partial charge in [0.25, 0.3) is 5.56 Å². The van der Waals surface area contributed by atoms with Crippen LogP contribution in [0.25, 0.3) is 15.9 Å². The molecule has 0 saturated heterocycles. The summed E-state index contributed by atoms with van der Waals surface area (Å²) < 4.78 is 7.38. The van der Waals surface area contributed by atoms with Gasteiger partial charge in [-0.25, -0.2) is 4.98 Å². The smallest absolute Gasteiger partial charge is 0.283 e. The Labute approximate surface area is 158 Å². The van der Waals surface area contributed by atoms with E-state index in [1.807, 2.05) is 51.1 Å². The Bertz CT molecular complexity index is 1180. The van der Waals surface area contributed by atoms with E-state index in [0.717, 1.165) is 21.9 Å². The molecule has 26 heavy (non-hydrogen) atoms. The highest BCUT2D eigenvalue weighted by Crippen LogP contribution is 2.30. The second-order valence-corrected chi connectivity index (χ2v) is 7.57. The highest BCUT2D eigenvalue weighted by Gasteiger charge is 2.17. The molecule has 0 bridgehead atoms. The van der Waals surface area contributed by atoms with Crippen LogP contribution in [0.5, 0.6) is 5.75 Å². The summed E-state index contributed by atoms with van der Waals surface area (Å²) >= 11 is 7.57. The molecule has 0 aliphatic carbocycles. The minimum atomic E-state index is -0.316. The van der Waals surface area contributed by atoms with Crippen LogP contribution in [0, 0.1) is 13.8 Å². The molecule has 0 amide bonds. The van der Waals surface area contributed by atoms with E-state index in [4.69, 9.17) is 16.3 Å². The van der Waals surface area contributed by atoms with Crippen molar-refractivity contribution in [1.29, 1.82) is 0 Å². The molecule has 0 saturated carbocycles. The zero-order valence-corrected chi connectivity index (χ0v) is 16.1. The summed E-state index contributed by atoms with van der Waals surface area (Å²) in [7, 11) is 0. The summed E-state index contributed by atoms with van der Waals surface area (Å²) in [6, 6.07) is 11.1. The Hall–Kier alpha value is -2.44. The third-order valence-corrected chi connectivity index (χ3v) is 5.85. The van der Waals surface area contributed by atoms with Gasteiger partial charge in [0.2, 0.25) is 4.96 Å². The molecule has 1 atom stereocenters. The lowest BCUT2D eigenvalue weighted by Gasteiger charge is -2.14. The third kappa shape index (κ3) is 2.85. The standard InChI is InChI=1S/C19H16ClN3O2S/c1-10-8-13(9-11(2)16(10)20)25-12(3)17-22-23-18(24)14-6-4-5-7-15(14)21-19(23)26-17/h4-9,12H,1-3H3. The highest BCUT2D eigenvalue weighted by atomic mass is 35.5. The van der Waals surface area contributed by atoms with E-state index in [1.54, 1.807) is 6.07 Å². The summed E-state index contributed by atoms with van der Waals surface area (Å²) in [5.74, 6) is 0.724. The molecular weight excluding hydrogens is 370 g/mol. The van der Waals surface area contributed by atoms with Crippen LogP contribution in [0.2, 0.25) is 5.02 Å². The number of hydrogen-bond donors (Lipinski definition) is 0. The van der Waals surface area contributed by atoms with Gasteiger partial charge in [0.05, 0.1) is 10.9 Å². The molecule has 5 nitrogen and oxygen atoms in total. The topological polar surface area (TPSA) is 56.5 Å². The maximum atomic E-state index is 12.6. The summed E-state index contributed by atoms with van der Waals surface area (Å²) in [4.78, 5) is 17.7. The van der Waals surface area contributed by atoms with E-state index in [-0.39, 0.29) is 11.7 Å². The Morgan fingerprint density at radius 1 is 1.19 bits per heavy atom. The van der Waals surface area contributed by atoms with Gasteiger partial charge in [-0.05, 0) is 56.2 Å². The second kappa shape index (κ2) is 6.37. The minimum Gasteiger partial charge on any atom is -0.483 e. The number of para-hydroxylation sites is 1. The van der Waals surface area contributed by atoms with Crippen LogP contribution < -0.4 is 10.3 Å². The average molecular weight is 386 g/mol. The third-order valence-electron chi connectivity index (χ3n) is 4.19. The Morgan fingerprint density at radius 3 is 2.62 bits per heavy atom. The summed E-state index contributed by atoms with van der Waals surface area (Å²) in [5, 5.41) is 6.42. The van der Waals surface area contributed by atoms with Gasteiger partial charge in [0.15, 0.2) is 5.01 Å². The van der Waals surface area contributed by atoms with E-state index in [2.05, 4.69) is 10.1 Å². The van der Waals surface area contributed by atoms with Crippen molar-refractivity contribution >= 4 is 38.8 Å². The summed E-state index contributed by atoms with van der Waals surface area (Å²) in [5.41, 5.74) is 2.42. The van der Waals surface area contributed by atoms with Crippen LogP contribution >= 0.6 is 22.9 Å². The van der Waals surface area contributed by atoms with Gasteiger partial charge >= 0.3 is 0 Å². The Kier molecular flexibility index (Phi) is 4.17. The molecule has 0 aliphatic rings. The number of rotatable bonds is 3. The molecule has 0 fully saturated rings. The van der Waals surface area contributed by atoms with E-state index in [1.165, 1.54) is 15.9 Å². The summed E-state index contributed by atoms with van der Waals surface area (Å²) in [6.07, 6.45) is -0.316. The number of nitrogens with zero attached hydrogens (tertiary/aromatic N) is 3. The maximum absolute atomic E-state index is 12.6. The van der Waals surface area contributed by atoms with Gasteiger partial charge in [-0.3, -0.25) is 4.79 Å². The van der Waals surface area contributed by atoms with Crippen LogP contribution in [0.1, 0.15) is 29.2 Å². The van der Waals surface area contributed by atoms with Crippen molar-refractivity contribution in [3.05, 3.63) is 67.9 Å². The Morgan fingerprint density at radius 2 is 1.88 bits per heavy atom. The van der Waals surface area contributed by atoms with Gasteiger partial charge < -0.3 is 4.74 Å². The molecule has 2 aromatic heterocycles. The van der Waals surface area contributed by atoms with Crippen LogP contribution in [-0.4, -0.2) is 14.6 Å². The Balaban J connectivity index is 1.73. The lowest BCUT2D eigenvalue weighted by molar-refractivity contribution is 0.224. The number of hydrogen-bond acceptors (Lipinski definition) is 5. The average Bonchev–Trinajstić information content (AvgIpc) is 3.04. The first kappa shape index (κ1) is 17.0. The number of fused-ring (bicyclic) bond motifs is 2. The fraction of sp³-hybridized carbons (Fsp3) is 0.211. The molecule has 0 N–H and O–H groups in total. The predicted octanol–water partition coefficient (Wildman–Crippen LogP) is 4.71. The molecular formula is C19H16ClN3O2S. The van der Waals surface area contributed by atoms with Crippen molar-refractivity contribution in [2.24, 2.45) is 0 Å². The maximum Gasteiger partial charge on any atom is 0.283 e. The van der Waals surface area contributed by atoms with Crippen LogP contribution in [0.3, 0.4) is 0 Å². The number of ether oxygens (including phenoxy) is 1. The number of benzene rings is 2. The highest BCUT2D eigenvalue weighted by molar-refractivity contribution is 7.16. The van der Waals surface area contributed by atoms with E-state index in [0.29, 0.717) is 20.9 Å². The zero-order valence-electron chi connectivity index (χ0n) is 14.5. The van der Waals surface area contributed by atoms with Gasteiger partial charge in [-0.15, -0.1) is 0 Å². The summed E-state index contributed by atoms with van der Waals surface area (Å²) in [6.45, 7) is 5.79. The van der Waals surface area contributed by atoms with Gasteiger partial charge in [0, 0.05) is 5.02 Å². The number of halogens is 1. The van der Waals surface area contributed by atoms with Crippen molar-refractivity contribution in [3.8, 4) is 5.75 Å². The molecule has 2 heterocycles. The van der Waals surface area contributed by atoms with Crippen LogP contribution in [0.4, 0.5) is 0 Å². The minimum absolute atomic E-state index is 0.168. The zero-order chi connectivity index (χ0) is 18.4. The van der Waals surface area contributed by atoms with E-state index >= 15 is 0 Å². The molecule has 0 spiro atoms. The first-order chi connectivity index (χ1) is 12.4. The first-order valence-corrected chi connectivity index (χ1v) is 9.35. The van der Waals surface area contributed by atoms with Crippen molar-refractivity contribution in [1.82, 2.24) is 14.6 Å². The second-order valence-electron chi connectivity index (χ2n) is 6.20. The lowest BCUT2D eigenvalue weighted by atomic mass is 10.1. The molecule has 4 rings (SSSR count). The fourth-order valence-electron chi connectivity index (χ4n) is 2.86. The van der Waals surface area contributed by atoms with Crippen molar-refractivity contribution in [2.75, 3.05) is 0 Å². The van der Waals surface area contributed by atoms with Gasteiger partial charge in [-0.1, -0.05) is 35.1 Å². The van der Waals surface area contributed by atoms with E-state index in [9.17, 15) is 4.79 Å². The molecule has 2 aromatic carbocycles. The number of aromatic nitrogens is 3. The SMILES string of the molecule is Cc1cc(OC(C)c2nn3c(=O)c4ccccc4nc3s2)cc(C)c1Cl. The van der Waals surface area contributed by atoms with Crippen molar-refractivity contribution in [2.45, 2.75) is 26.9 Å². The quantitative estimate of drug-likeness (QED) is 0.512. The molecule has 4 aromatic rings. The fourth-order valence-corrected chi connectivity index (χ4v) is 3.85. The number of aryl methyl sites for hydroxylation is 2. The lowest BCUT2D eigenvalue weighted by Crippen LogP contribution is -2.15.